The number of rotatable bonds is 5. The molecular formula is C14H25N3O3S. The Labute approximate surface area is 127 Å². The van der Waals surface area contributed by atoms with Gasteiger partial charge in [0.1, 0.15) is 4.90 Å². The van der Waals surface area contributed by atoms with Crippen LogP contribution in [0.5, 0.6) is 0 Å². The molecule has 0 amide bonds. The number of nitrogens with zero attached hydrogens (tertiary/aromatic N) is 2. The standard InChI is InChI=1S/C14H25N3O3S/c1-5-12-10-20-11(2)8-17(12)21(18,19)14-6-13(7-15-3)16(4)9-14/h6,9,11-12,15H,5,7-8,10H2,1-4H3. The molecule has 0 saturated carbocycles. The zero-order chi connectivity index (χ0) is 15.6. The summed E-state index contributed by atoms with van der Waals surface area (Å²) in [7, 11) is 0.240. The first kappa shape index (κ1) is 16.5. The molecule has 0 spiro atoms. The Morgan fingerprint density at radius 3 is 2.81 bits per heavy atom. The van der Waals surface area contributed by atoms with E-state index >= 15 is 0 Å². The van der Waals surface area contributed by atoms with Crippen molar-refractivity contribution in [3.63, 3.8) is 0 Å². The number of aromatic nitrogens is 1. The first-order valence-corrected chi connectivity index (χ1v) is 8.77. The number of nitrogens with one attached hydrogen (secondary N) is 1. The predicted molar refractivity (Wildman–Crippen MR) is 81.6 cm³/mol. The molecule has 1 N–H and O–H groups in total. The first-order valence-electron chi connectivity index (χ1n) is 7.33. The second-order valence-electron chi connectivity index (χ2n) is 5.59. The van der Waals surface area contributed by atoms with Crippen LogP contribution in [0.4, 0.5) is 0 Å². The van der Waals surface area contributed by atoms with Gasteiger partial charge in [0.2, 0.25) is 10.0 Å². The Kier molecular flexibility index (Phi) is 5.08. The van der Waals surface area contributed by atoms with E-state index in [4.69, 9.17) is 4.74 Å². The van der Waals surface area contributed by atoms with Gasteiger partial charge in [0.15, 0.2) is 0 Å². The molecule has 1 aliphatic heterocycles. The quantitative estimate of drug-likeness (QED) is 0.878. The van der Waals surface area contributed by atoms with Crippen molar-refractivity contribution in [2.75, 3.05) is 20.2 Å². The number of sulfonamides is 1. The number of hydrogen-bond donors (Lipinski definition) is 1. The van der Waals surface area contributed by atoms with E-state index in [9.17, 15) is 8.42 Å². The third kappa shape index (κ3) is 3.31. The molecule has 0 aromatic carbocycles. The monoisotopic (exact) mass is 315 g/mol. The average molecular weight is 315 g/mol. The molecule has 2 atom stereocenters. The third-order valence-electron chi connectivity index (χ3n) is 3.94. The van der Waals surface area contributed by atoms with Gasteiger partial charge in [0.25, 0.3) is 0 Å². The number of hydrogen-bond acceptors (Lipinski definition) is 4. The molecule has 21 heavy (non-hydrogen) atoms. The maximum Gasteiger partial charge on any atom is 0.245 e. The molecule has 1 fully saturated rings. The maximum absolute atomic E-state index is 12.9. The highest BCUT2D eigenvalue weighted by atomic mass is 32.2. The van der Waals surface area contributed by atoms with Crippen LogP contribution in [0.2, 0.25) is 0 Å². The van der Waals surface area contributed by atoms with Gasteiger partial charge >= 0.3 is 0 Å². The number of ether oxygens (including phenoxy) is 1. The van der Waals surface area contributed by atoms with E-state index in [1.807, 2.05) is 32.5 Å². The lowest BCUT2D eigenvalue weighted by atomic mass is 10.2. The van der Waals surface area contributed by atoms with Crippen LogP contribution in [-0.2, 0) is 28.4 Å². The molecule has 7 heteroatoms. The van der Waals surface area contributed by atoms with Crippen molar-refractivity contribution >= 4 is 10.0 Å². The minimum Gasteiger partial charge on any atom is -0.375 e. The summed E-state index contributed by atoms with van der Waals surface area (Å²) in [5, 5.41) is 3.05. The summed E-state index contributed by atoms with van der Waals surface area (Å²) in [5.41, 5.74) is 0.949. The second kappa shape index (κ2) is 6.48. The van der Waals surface area contributed by atoms with E-state index in [0.717, 1.165) is 12.1 Å². The van der Waals surface area contributed by atoms with Crippen LogP contribution in [0, 0.1) is 0 Å². The van der Waals surface area contributed by atoms with Gasteiger partial charge in [-0.25, -0.2) is 8.42 Å². The number of morpholine rings is 1. The fourth-order valence-electron chi connectivity index (χ4n) is 2.64. The first-order chi connectivity index (χ1) is 9.90. The van der Waals surface area contributed by atoms with Crippen LogP contribution in [0.25, 0.3) is 0 Å². The average Bonchev–Trinajstić information content (AvgIpc) is 2.81. The Hall–Kier alpha value is -0.890. The van der Waals surface area contributed by atoms with Gasteiger partial charge in [-0.05, 0) is 26.5 Å². The van der Waals surface area contributed by atoms with Crippen molar-refractivity contribution in [2.45, 2.75) is 43.9 Å². The van der Waals surface area contributed by atoms with Gasteiger partial charge in [-0.3, -0.25) is 0 Å². The zero-order valence-electron chi connectivity index (χ0n) is 13.2. The Balaban J connectivity index is 2.33. The topological polar surface area (TPSA) is 63.6 Å². The second-order valence-corrected chi connectivity index (χ2v) is 7.48. The molecule has 0 bridgehead atoms. The summed E-state index contributed by atoms with van der Waals surface area (Å²) >= 11 is 0. The normalized spacial score (nSPS) is 24.4. The van der Waals surface area contributed by atoms with Crippen LogP contribution in [0.15, 0.2) is 17.2 Å². The Morgan fingerprint density at radius 2 is 2.19 bits per heavy atom. The molecule has 1 saturated heterocycles. The molecule has 0 radical (unpaired) electrons. The van der Waals surface area contributed by atoms with Crippen molar-refractivity contribution < 1.29 is 13.2 Å². The molecule has 2 rings (SSSR count). The largest absolute Gasteiger partial charge is 0.375 e. The van der Waals surface area contributed by atoms with E-state index in [0.29, 0.717) is 24.6 Å². The van der Waals surface area contributed by atoms with Gasteiger partial charge in [-0.1, -0.05) is 6.92 Å². The highest BCUT2D eigenvalue weighted by molar-refractivity contribution is 7.89. The fraction of sp³-hybridized carbons (Fsp3) is 0.714. The van der Waals surface area contributed by atoms with Crippen molar-refractivity contribution in [1.29, 1.82) is 0 Å². The highest BCUT2D eigenvalue weighted by Gasteiger charge is 2.36. The van der Waals surface area contributed by atoms with Gasteiger partial charge in [0.05, 0.1) is 12.7 Å². The summed E-state index contributed by atoms with van der Waals surface area (Å²) in [4.78, 5) is 0.364. The lowest BCUT2D eigenvalue weighted by Crippen LogP contribution is -2.51. The SMILES string of the molecule is CCC1COC(C)CN1S(=O)(=O)c1cc(CNC)n(C)c1. The van der Waals surface area contributed by atoms with Gasteiger partial charge in [0, 0.05) is 38.1 Å². The van der Waals surface area contributed by atoms with E-state index in [1.165, 1.54) is 0 Å². The van der Waals surface area contributed by atoms with E-state index in [2.05, 4.69) is 5.32 Å². The Bertz CT molecular complexity index is 582. The van der Waals surface area contributed by atoms with Gasteiger partial charge in [-0.15, -0.1) is 0 Å². The van der Waals surface area contributed by atoms with Crippen molar-refractivity contribution in [2.24, 2.45) is 7.05 Å². The summed E-state index contributed by atoms with van der Waals surface area (Å²) in [6.07, 6.45) is 2.37. The molecule has 1 aromatic rings. The highest BCUT2D eigenvalue weighted by Crippen LogP contribution is 2.25. The summed E-state index contributed by atoms with van der Waals surface area (Å²) < 4.78 is 34.9. The number of aryl methyl sites for hydroxylation is 1. The third-order valence-corrected chi connectivity index (χ3v) is 5.82. The summed E-state index contributed by atoms with van der Waals surface area (Å²) in [6.45, 7) is 5.42. The lowest BCUT2D eigenvalue weighted by Gasteiger charge is -2.36. The fourth-order valence-corrected chi connectivity index (χ4v) is 4.50. The van der Waals surface area contributed by atoms with Crippen molar-refractivity contribution in [1.82, 2.24) is 14.2 Å². The maximum atomic E-state index is 12.9. The molecule has 6 nitrogen and oxygen atoms in total. The van der Waals surface area contributed by atoms with Crippen LogP contribution in [-0.4, -0.2) is 49.6 Å². The van der Waals surface area contributed by atoms with Gasteiger partial charge in [-0.2, -0.15) is 4.31 Å². The smallest absolute Gasteiger partial charge is 0.245 e. The minimum atomic E-state index is -3.47. The molecule has 120 valence electrons. The zero-order valence-corrected chi connectivity index (χ0v) is 14.0. The van der Waals surface area contributed by atoms with E-state index < -0.39 is 10.0 Å². The van der Waals surface area contributed by atoms with Crippen molar-refractivity contribution in [3.05, 3.63) is 18.0 Å². The predicted octanol–water partition coefficient (Wildman–Crippen LogP) is 0.933. The van der Waals surface area contributed by atoms with Crippen LogP contribution in [0.3, 0.4) is 0 Å². The summed E-state index contributed by atoms with van der Waals surface area (Å²) in [6, 6.07) is 1.66. The molecule has 2 unspecified atom stereocenters. The molecule has 0 aliphatic carbocycles. The lowest BCUT2D eigenvalue weighted by molar-refractivity contribution is -0.0230. The molecule has 2 heterocycles. The van der Waals surface area contributed by atoms with Crippen LogP contribution in [0.1, 0.15) is 26.0 Å². The molecule has 1 aromatic heterocycles. The molecular weight excluding hydrogens is 290 g/mol. The summed E-state index contributed by atoms with van der Waals surface area (Å²) in [5.74, 6) is 0. The van der Waals surface area contributed by atoms with E-state index in [1.54, 1.807) is 16.6 Å². The van der Waals surface area contributed by atoms with E-state index in [-0.39, 0.29) is 12.1 Å². The Morgan fingerprint density at radius 1 is 1.48 bits per heavy atom. The van der Waals surface area contributed by atoms with Crippen LogP contribution < -0.4 is 5.32 Å². The van der Waals surface area contributed by atoms with Crippen molar-refractivity contribution in [3.8, 4) is 0 Å². The van der Waals surface area contributed by atoms with Crippen LogP contribution >= 0.6 is 0 Å². The molecule has 1 aliphatic rings. The minimum absolute atomic E-state index is 0.0666. The van der Waals surface area contributed by atoms with Gasteiger partial charge < -0.3 is 14.6 Å².